The number of para-hydroxylation sites is 1. The first-order chi connectivity index (χ1) is 12.1. The fourth-order valence-corrected chi connectivity index (χ4v) is 2.56. The van der Waals surface area contributed by atoms with Gasteiger partial charge in [0.25, 0.3) is 0 Å². The largest absolute Gasteiger partial charge is 0.493 e. The van der Waals surface area contributed by atoms with Crippen LogP contribution in [0.4, 0.5) is 5.69 Å². The molecule has 2 aromatic rings. The van der Waals surface area contributed by atoms with Crippen molar-refractivity contribution in [3.63, 3.8) is 0 Å². The van der Waals surface area contributed by atoms with E-state index in [0.717, 1.165) is 17.8 Å². The summed E-state index contributed by atoms with van der Waals surface area (Å²) in [6.07, 6.45) is 1.12. The summed E-state index contributed by atoms with van der Waals surface area (Å²) in [7, 11) is 5.24. The van der Waals surface area contributed by atoms with Crippen LogP contribution in [0.3, 0.4) is 0 Å². The molecule has 0 radical (unpaired) electrons. The van der Waals surface area contributed by atoms with Crippen LogP contribution in [0.5, 0.6) is 11.5 Å². The first kappa shape index (κ1) is 18.6. The minimum atomic E-state index is 0.0521. The van der Waals surface area contributed by atoms with Crippen LogP contribution in [0.2, 0.25) is 0 Å². The molecule has 0 aromatic heterocycles. The van der Waals surface area contributed by atoms with Crippen LogP contribution in [0, 0.1) is 0 Å². The summed E-state index contributed by atoms with van der Waals surface area (Å²) in [5, 5.41) is 2.97. The summed E-state index contributed by atoms with van der Waals surface area (Å²) in [5.74, 6) is 1.43. The highest BCUT2D eigenvalue weighted by Gasteiger charge is 2.07. The number of nitrogens with one attached hydrogen (secondary N) is 1. The van der Waals surface area contributed by atoms with Crippen molar-refractivity contribution in [1.29, 1.82) is 0 Å². The average molecular weight is 342 g/mol. The van der Waals surface area contributed by atoms with Gasteiger partial charge in [0.2, 0.25) is 5.91 Å². The van der Waals surface area contributed by atoms with Crippen molar-refractivity contribution in [2.45, 2.75) is 12.8 Å². The van der Waals surface area contributed by atoms with E-state index in [2.05, 4.69) is 22.3 Å². The second-order valence-corrected chi connectivity index (χ2v) is 5.80. The highest BCUT2D eigenvalue weighted by atomic mass is 16.5. The molecular formula is C20H26N2O3. The number of aryl methyl sites for hydroxylation is 1. The van der Waals surface area contributed by atoms with Gasteiger partial charge in [-0.2, -0.15) is 0 Å². The number of anilines is 1. The van der Waals surface area contributed by atoms with Gasteiger partial charge in [-0.25, -0.2) is 0 Å². The maximum atomic E-state index is 12.0. The first-order valence-electron chi connectivity index (χ1n) is 8.38. The Balaban J connectivity index is 1.74. The maximum Gasteiger partial charge on any atom is 0.220 e. The third kappa shape index (κ3) is 5.71. The van der Waals surface area contributed by atoms with E-state index >= 15 is 0 Å². The van der Waals surface area contributed by atoms with Gasteiger partial charge in [-0.15, -0.1) is 0 Å². The van der Waals surface area contributed by atoms with Crippen LogP contribution < -0.4 is 19.7 Å². The lowest BCUT2D eigenvalue weighted by molar-refractivity contribution is -0.120. The molecular weight excluding hydrogens is 316 g/mol. The van der Waals surface area contributed by atoms with Crippen LogP contribution in [-0.4, -0.2) is 40.3 Å². The minimum absolute atomic E-state index is 0.0521. The van der Waals surface area contributed by atoms with Crippen molar-refractivity contribution in [1.82, 2.24) is 5.32 Å². The molecule has 1 amide bonds. The van der Waals surface area contributed by atoms with Crippen molar-refractivity contribution in [3.8, 4) is 11.5 Å². The third-order valence-electron chi connectivity index (χ3n) is 4.06. The molecule has 25 heavy (non-hydrogen) atoms. The Morgan fingerprint density at radius 3 is 2.44 bits per heavy atom. The molecule has 2 aromatic carbocycles. The van der Waals surface area contributed by atoms with E-state index in [0.29, 0.717) is 30.9 Å². The van der Waals surface area contributed by atoms with Gasteiger partial charge in [0, 0.05) is 32.2 Å². The Bertz CT molecular complexity index is 674. The molecule has 0 spiro atoms. The highest BCUT2D eigenvalue weighted by molar-refractivity contribution is 5.76. The second kappa shape index (κ2) is 9.57. The molecule has 1 N–H and O–H groups in total. The SMILES string of the molecule is COc1ccc(CCC(=O)NCCN(C)c2ccccc2)cc1OC. The van der Waals surface area contributed by atoms with E-state index in [-0.39, 0.29) is 5.91 Å². The maximum absolute atomic E-state index is 12.0. The van der Waals surface area contributed by atoms with Crippen molar-refractivity contribution in [2.75, 3.05) is 39.3 Å². The van der Waals surface area contributed by atoms with Crippen LogP contribution in [0.1, 0.15) is 12.0 Å². The lowest BCUT2D eigenvalue weighted by atomic mass is 10.1. The molecule has 2 rings (SSSR count). The predicted octanol–water partition coefficient (Wildman–Crippen LogP) is 2.89. The smallest absolute Gasteiger partial charge is 0.220 e. The molecule has 5 nitrogen and oxygen atoms in total. The zero-order valence-electron chi connectivity index (χ0n) is 15.1. The number of amides is 1. The molecule has 5 heteroatoms. The third-order valence-corrected chi connectivity index (χ3v) is 4.06. The molecule has 0 heterocycles. The fraction of sp³-hybridized carbons (Fsp3) is 0.350. The molecule has 0 bridgehead atoms. The number of nitrogens with zero attached hydrogens (tertiary/aromatic N) is 1. The summed E-state index contributed by atoms with van der Waals surface area (Å²) >= 11 is 0. The molecule has 0 atom stereocenters. The first-order valence-corrected chi connectivity index (χ1v) is 8.38. The van der Waals surface area contributed by atoms with E-state index in [9.17, 15) is 4.79 Å². The quantitative estimate of drug-likeness (QED) is 0.761. The van der Waals surface area contributed by atoms with E-state index in [1.165, 1.54) is 0 Å². The highest BCUT2D eigenvalue weighted by Crippen LogP contribution is 2.27. The van der Waals surface area contributed by atoms with Crippen molar-refractivity contribution < 1.29 is 14.3 Å². The zero-order valence-corrected chi connectivity index (χ0v) is 15.1. The number of carbonyl (C=O) groups is 1. The number of methoxy groups -OCH3 is 2. The van der Waals surface area contributed by atoms with E-state index in [4.69, 9.17) is 9.47 Å². The van der Waals surface area contributed by atoms with Gasteiger partial charge in [0.1, 0.15) is 0 Å². The van der Waals surface area contributed by atoms with Gasteiger partial charge in [-0.05, 0) is 36.2 Å². The summed E-state index contributed by atoms with van der Waals surface area (Å²) in [4.78, 5) is 14.1. The number of benzene rings is 2. The summed E-state index contributed by atoms with van der Waals surface area (Å²) in [6.45, 7) is 1.39. The van der Waals surface area contributed by atoms with Crippen molar-refractivity contribution >= 4 is 11.6 Å². The number of rotatable bonds is 9. The number of hydrogen-bond acceptors (Lipinski definition) is 4. The monoisotopic (exact) mass is 342 g/mol. The molecule has 0 aliphatic heterocycles. The minimum Gasteiger partial charge on any atom is -0.493 e. The van der Waals surface area contributed by atoms with Crippen molar-refractivity contribution in [3.05, 3.63) is 54.1 Å². The van der Waals surface area contributed by atoms with Gasteiger partial charge in [-0.3, -0.25) is 4.79 Å². The standard InChI is InChI=1S/C20H26N2O3/c1-22(17-7-5-4-6-8-17)14-13-21-20(23)12-10-16-9-11-18(24-2)19(15-16)25-3/h4-9,11,15H,10,12-14H2,1-3H3,(H,21,23). The molecule has 0 fully saturated rings. The fourth-order valence-electron chi connectivity index (χ4n) is 2.56. The van der Waals surface area contributed by atoms with E-state index in [1.54, 1.807) is 14.2 Å². The number of likely N-dealkylation sites (N-methyl/N-ethyl adjacent to an activating group) is 1. The molecule has 134 valence electrons. The van der Waals surface area contributed by atoms with Crippen LogP contribution in [-0.2, 0) is 11.2 Å². The molecule has 0 unspecified atom stereocenters. The molecule has 0 aliphatic carbocycles. The van der Waals surface area contributed by atoms with Crippen LogP contribution >= 0.6 is 0 Å². The predicted molar refractivity (Wildman–Crippen MR) is 101 cm³/mol. The van der Waals surface area contributed by atoms with E-state index < -0.39 is 0 Å². The molecule has 0 saturated heterocycles. The lowest BCUT2D eigenvalue weighted by Gasteiger charge is -2.19. The second-order valence-electron chi connectivity index (χ2n) is 5.80. The normalized spacial score (nSPS) is 10.2. The Hall–Kier alpha value is -2.69. The molecule has 0 saturated carbocycles. The van der Waals surface area contributed by atoms with Crippen LogP contribution in [0.15, 0.2) is 48.5 Å². The van der Waals surface area contributed by atoms with Gasteiger partial charge in [0.05, 0.1) is 14.2 Å². The lowest BCUT2D eigenvalue weighted by Crippen LogP contribution is -2.33. The van der Waals surface area contributed by atoms with Gasteiger partial charge >= 0.3 is 0 Å². The summed E-state index contributed by atoms with van der Waals surface area (Å²) in [5.41, 5.74) is 2.19. The van der Waals surface area contributed by atoms with Crippen molar-refractivity contribution in [2.24, 2.45) is 0 Å². The number of hydrogen-bond donors (Lipinski definition) is 1. The Morgan fingerprint density at radius 1 is 1.04 bits per heavy atom. The van der Waals surface area contributed by atoms with Crippen LogP contribution in [0.25, 0.3) is 0 Å². The van der Waals surface area contributed by atoms with Gasteiger partial charge < -0.3 is 19.7 Å². The van der Waals surface area contributed by atoms with Gasteiger partial charge in [0.15, 0.2) is 11.5 Å². The Labute approximate surface area is 149 Å². The number of ether oxygens (including phenoxy) is 2. The summed E-state index contributed by atoms with van der Waals surface area (Å²) < 4.78 is 10.5. The zero-order chi connectivity index (χ0) is 18.1. The van der Waals surface area contributed by atoms with Gasteiger partial charge in [-0.1, -0.05) is 24.3 Å². The average Bonchev–Trinajstić information content (AvgIpc) is 2.66. The Kier molecular flexibility index (Phi) is 7.14. The summed E-state index contributed by atoms with van der Waals surface area (Å²) in [6, 6.07) is 15.8. The molecule has 0 aliphatic rings. The topological polar surface area (TPSA) is 50.8 Å². The number of carbonyl (C=O) groups excluding carboxylic acids is 1. The Morgan fingerprint density at radius 2 is 1.76 bits per heavy atom. The van der Waals surface area contributed by atoms with E-state index in [1.807, 2.05) is 43.4 Å².